The molecule has 0 aliphatic heterocycles. The summed E-state index contributed by atoms with van der Waals surface area (Å²) in [4.78, 5) is 20.0. The van der Waals surface area contributed by atoms with Gasteiger partial charge in [0.25, 0.3) is 0 Å². The predicted octanol–water partition coefficient (Wildman–Crippen LogP) is 5.33. The molecule has 0 saturated heterocycles. The third kappa shape index (κ3) is 2.87. The van der Waals surface area contributed by atoms with Crippen LogP contribution in [0.2, 0.25) is 0 Å². The Balaban J connectivity index is 1.49. The minimum absolute atomic E-state index is 0.226. The Bertz CT molecular complexity index is 1170. The number of ether oxygens (including phenoxy) is 1. The van der Waals surface area contributed by atoms with Crippen molar-refractivity contribution in [1.82, 2.24) is 9.97 Å². The number of carbonyl (C=O) groups excluding carboxylic acids is 1. The van der Waals surface area contributed by atoms with Crippen LogP contribution in [-0.4, -0.2) is 15.8 Å². The van der Waals surface area contributed by atoms with Gasteiger partial charge in [-0.15, -0.1) is 0 Å². The fourth-order valence-electron chi connectivity index (χ4n) is 4.00. The van der Waals surface area contributed by atoms with Crippen molar-refractivity contribution in [2.45, 2.75) is 25.9 Å². The zero-order valence-electron chi connectivity index (χ0n) is 15.4. The summed E-state index contributed by atoms with van der Waals surface area (Å²) in [6.07, 6.45) is 6.11. The number of aromatic amines is 1. The Morgan fingerprint density at radius 2 is 1.86 bits per heavy atom. The first-order valence-electron chi connectivity index (χ1n) is 9.59. The van der Waals surface area contributed by atoms with Crippen molar-refractivity contribution >= 4 is 16.7 Å². The van der Waals surface area contributed by atoms with E-state index in [1.54, 1.807) is 0 Å². The van der Waals surface area contributed by atoms with Gasteiger partial charge in [0.1, 0.15) is 12.4 Å². The van der Waals surface area contributed by atoms with Crippen molar-refractivity contribution in [3.8, 4) is 17.0 Å². The maximum Gasteiger partial charge on any atom is 0.164 e. The molecule has 1 aliphatic rings. The first-order chi connectivity index (χ1) is 13.8. The van der Waals surface area contributed by atoms with Gasteiger partial charge < -0.3 is 9.72 Å². The number of nitrogens with one attached hydrogen (secondary N) is 1. The number of hydrogen-bond donors (Lipinski definition) is 1. The summed E-state index contributed by atoms with van der Waals surface area (Å²) in [5, 5.41) is 1.11. The number of pyridine rings is 1. The molecule has 2 heterocycles. The largest absolute Gasteiger partial charge is 0.488 e. The van der Waals surface area contributed by atoms with Crippen LogP contribution in [0.15, 0.2) is 67.0 Å². The van der Waals surface area contributed by atoms with Gasteiger partial charge in [0, 0.05) is 40.9 Å². The highest BCUT2D eigenvalue weighted by molar-refractivity contribution is 6.00. The summed E-state index contributed by atoms with van der Waals surface area (Å²) in [6, 6.07) is 18.1. The van der Waals surface area contributed by atoms with Gasteiger partial charge in [0.15, 0.2) is 5.78 Å². The Labute approximate surface area is 163 Å². The first-order valence-corrected chi connectivity index (χ1v) is 9.59. The lowest BCUT2D eigenvalue weighted by molar-refractivity contribution is 0.0973. The first kappa shape index (κ1) is 16.8. The highest BCUT2D eigenvalue weighted by Crippen LogP contribution is 2.36. The molecule has 0 unspecified atom stereocenters. The second-order valence-corrected chi connectivity index (χ2v) is 7.11. The molecular formula is C24H20N2O2. The summed E-state index contributed by atoms with van der Waals surface area (Å²) in [7, 11) is 0. The van der Waals surface area contributed by atoms with Crippen molar-refractivity contribution in [2.75, 3.05) is 0 Å². The molecule has 0 amide bonds. The highest BCUT2D eigenvalue weighted by atomic mass is 16.5. The van der Waals surface area contributed by atoms with Crippen molar-refractivity contribution < 1.29 is 9.53 Å². The summed E-state index contributed by atoms with van der Waals surface area (Å²) >= 11 is 0. The third-order valence-corrected chi connectivity index (χ3v) is 5.37. The molecule has 2 aromatic carbocycles. The van der Waals surface area contributed by atoms with Crippen LogP contribution < -0.4 is 4.74 Å². The van der Waals surface area contributed by atoms with E-state index in [2.05, 4.69) is 22.1 Å². The number of aromatic nitrogens is 2. The standard InChI is InChI=1S/C24H20N2O2/c27-21-11-4-10-18-20(21)14-26-24(18)19-9-1-2-12-22(19)28-15-17-7-3-6-16-8-5-13-25-23(16)17/h1-3,5-9,12-14,26H,4,10-11,15H2. The second kappa shape index (κ2) is 6.97. The highest BCUT2D eigenvalue weighted by Gasteiger charge is 2.23. The maximum absolute atomic E-state index is 12.2. The number of Topliss-reactive ketones (excluding diaryl/α,β-unsaturated/α-hetero) is 1. The lowest BCUT2D eigenvalue weighted by Gasteiger charge is -2.15. The molecule has 0 bridgehead atoms. The Kier molecular flexibility index (Phi) is 4.17. The average Bonchev–Trinajstić information content (AvgIpc) is 3.18. The van der Waals surface area contributed by atoms with Crippen molar-refractivity contribution in [1.29, 1.82) is 0 Å². The minimum Gasteiger partial charge on any atom is -0.488 e. The van der Waals surface area contributed by atoms with E-state index in [-0.39, 0.29) is 5.78 Å². The molecule has 28 heavy (non-hydrogen) atoms. The number of para-hydroxylation sites is 2. The zero-order valence-corrected chi connectivity index (χ0v) is 15.4. The molecule has 1 aliphatic carbocycles. The lowest BCUT2D eigenvalue weighted by atomic mass is 9.91. The van der Waals surface area contributed by atoms with Gasteiger partial charge in [-0.2, -0.15) is 0 Å². The van der Waals surface area contributed by atoms with E-state index >= 15 is 0 Å². The van der Waals surface area contributed by atoms with Crippen LogP contribution in [0.1, 0.15) is 34.3 Å². The van der Waals surface area contributed by atoms with E-state index in [0.717, 1.165) is 57.4 Å². The minimum atomic E-state index is 0.226. The van der Waals surface area contributed by atoms with E-state index in [4.69, 9.17) is 4.74 Å². The van der Waals surface area contributed by atoms with Crippen LogP contribution in [-0.2, 0) is 13.0 Å². The normalized spacial score (nSPS) is 13.5. The number of H-pyrrole nitrogens is 1. The Morgan fingerprint density at radius 3 is 2.82 bits per heavy atom. The molecule has 1 N–H and O–H groups in total. The molecule has 138 valence electrons. The molecule has 0 atom stereocenters. The fourth-order valence-corrected chi connectivity index (χ4v) is 4.00. The van der Waals surface area contributed by atoms with Gasteiger partial charge in [0.05, 0.1) is 11.2 Å². The van der Waals surface area contributed by atoms with Gasteiger partial charge in [-0.1, -0.05) is 36.4 Å². The Hall–Kier alpha value is -3.40. The quantitative estimate of drug-likeness (QED) is 0.530. The number of benzene rings is 2. The van der Waals surface area contributed by atoms with Crippen molar-refractivity contribution in [3.63, 3.8) is 0 Å². The molecule has 4 heteroatoms. The van der Waals surface area contributed by atoms with Crippen LogP contribution in [0, 0.1) is 0 Å². The molecule has 0 saturated carbocycles. The summed E-state index contributed by atoms with van der Waals surface area (Å²) in [5.41, 5.74) is 5.94. The number of ketones is 1. The maximum atomic E-state index is 12.2. The van der Waals surface area contributed by atoms with Crippen LogP contribution in [0.3, 0.4) is 0 Å². The van der Waals surface area contributed by atoms with Gasteiger partial charge in [-0.3, -0.25) is 9.78 Å². The molecule has 0 fully saturated rings. The second-order valence-electron chi connectivity index (χ2n) is 7.11. The van der Waals surface area contributed by atoms with E-state index in [1.807, 2.05) is 54.9 Å². The van der Waals surface area contributed by atoms with Gasteiger partial charge in [-0.25, -0.2) is 0 Å². The predicted molar refractivity (Wildman–Crippen MR) is 110 cm³/mol. The molecule has 4 nitrogen and oxygen atoms in total. The molecule has 2 aromatic heterocycles. The van der Waals surface area contributed by atoms with Crippen molar-refractivity contribution in [2.24, 2.45) is 0 Å². The third-order valence-electron chi connectivity index (χ3n) is 5.37. The monoisotopic (exact) mass is 368 g/mol. The van der Waals surface area contributed by atoms with E-state index in [0.29, 0.717) is 13.0 Å². The van der Waals surface area contributed by atoms with Crippen LogP contribution in [0.5, 0.6) is 5.75 Å². The van der Waals surface area contributed by atoms with Gasteiger partial charge in [0.2, 0.25) is 0 Å². The van der Waals surface area contributed by atoms with Gasteiger partial charge in [-0.05, 0) is 36.6 Å². The van der Waals surface area contributed by atoms with Crippen LogP contribution in [0.4, 0.5) is 0 Å². The van der Waals surface area contributed by atoms with Crippen molar-refractivity contribution in [3.05, 3.63) is 83.7 Å². The molecular weight excluding hydrogens is 348 g/mol. The number of rotatable bonds is 4. The number of fused-ring (bicyclic) bond motifs is 2. The van der Waals surface area contributed by atoms with Crippen LogP contribution in [0.25, 0.3) is 22.2 Å². The fraction of sp³-hybridized carbons (Fsp3) is 0.167. The van der Waals surface area contributed by atoms with E-state index in [9.17, 15) is 4.79 Å². The lowest BCUT2D eigenvalue weighted by Crippen LogP contribution is -2.08. The number of hydrogen-bond acceptors (Lipinski definition) is 3. The summed E-state index contributed by atoms with van der Waals surface area (Å²) < 4.78 is 6.23. The zero-order chi connectivity index (χ0) is 18.9. The average molecular weight is 368 g/mol. The Morgan fingerprint density at radius 1 is 0.964 bits per heavy atom. The summed E-state index contributed by atoms with van der Waals surface area (Å²) in [6.45, 7) is 0.438. The molecule has 0 radical (unpaired) electrons. The smallest absolute Gasteiger partial charge is 0.164 e. The molecule has 4 aromatic rings. The van der Waals surface area contributed by atoms with E-state index in [1.165, 1.54) is 0 Å². The van der Waals surface area contributed by atoms with E-state index < -0.39 is 0 Å². The number of carbonyl (C=O) groups is 1. The van der Waals surface area contributed by atoms with Crippen LogP contribution >= 0.6 is 0 Å². The topological polar surface area (TPSA) is 55.0 Å². The number of nitrogens with zero attached hydrogens (tertiary/aromatic N) is 1. The molecule has 0 spiro atoms. The molecule has 5 rings (SSSR count). The summed E-state index contributed by atoms with van der Waals surface area (Å²) in [5.74, 6) is 1.03. The van der Waals surface area contributed by atoms with Gasteiger partial charge >= 0.3 is 0 Å². The SMILES string of the molecule is O=C1CCCc2c1c[nH]c2-c1ccccc1OCc1cccc2cccnc12.